The van der Waals surface area contributed by atoms with E-state index in [1.807, 2.05) is 0 Å². The Morgan fingerprint density at radius 1 is 0.306 bits per heavy atom. The van der Waals surface area contributed by atoms with Crippen LogP contribution >= 0.6 is 0 Å². The van der Waals surface area contributed by atoms with Crippen molar-refractivity contribution in [3.05, 3.63) is 346 Å². The molecule has 12 rings (SSSR count). The van der Waals surface area contributed by atoms with Crippen LogP contribution in [0.25, 0.3) is 10.4 Å². The third-order valence-corrected chi connectivity index (χ3v) is 17.6. The summed E-state index contributed by atoms with van der Waals surface area (Å²) in [4.78, 5) is 135. The van der Waals surface area contributed by atoms with Crippen LogP contribution in [0.15, 0.2) is 291 Å². The van der Waals surface area contributed by atoms with Gasteiger partial charge in [-0.15, -0.1) is 6.58 Å². The van der Waals surface area contributed by atoms with Gasteiger partial charge < -0.3 is 71.1 Å². The molecule has 9 aromatic carbocycles. The molecule has 27 heteroatoms. The normalized spacial score (nSPS) is 23.2. The first-order valence-electron chi connectivity index (χ1n) is 35.0. The van der Waals surface area contributed by atoms with E-state index in [-0.39, 0.29) is 56.7 Å². The molecule has 3 heterocycles. The van der Waals surface area contributed by atoms with E-state index in [9.17, 15) is 39.1 Å². The molecule has 0 aliphatic carbocycles. The summed E-state index contributed by atoms with van der Waals surface area (Å²) < 4.78 is 97.5. The van der Waals surface area contributed by atoms with Crippen molar-refractivity contribution >= 4 is 53.7 Å². The third kappa shape index (κ3) is 20.1. The van der Waals surface area contributed by atoms with Gasteiger partial charge in [0.1, 0.15) is 56.4 Å². The standard InChI is InChI=1S/C84H71N3O24/c1-2-48-97-83-71(108-80(95)59-44-26-10-27-45-59)69(106-78(93)57-40-22-8-23-41-57)67(62(102-83)50-99-74(89)53-32-14-4-15-33-53)111-84-72(109-81(96)60-46-28-11-29-47-60)70(107-79(94)58-42-24-9-25-43-58)66(63(103-84)51-100-75(90)54-34-16-5-17-35-54)110-82-64(86-87-85)68(105-77(92)56-38-20-7-21-39-56)65(104-76(91)55-36-18-6-19-37-55)61(101-82)49-98-73(88)52-30-12-3-13-31-52/h2-47,61-72,82-84H,1,48-51H2/t61-,62-,63-,64-,65+,66+,67-,68-,69+,70+,71-,72-,82-,83-,84+/m1/s1. The molecule has 0 amide bonds. The van der Waals surface area contributed by atoms with Crippen LogP contribution < -0.4 is 0 Å². The van der Waals surface area contributed by atoms with Crippen molar-refractivity contribution < 1.29 is 114 Å². The summed E-state index contributed by atoms with van der Waals surface area (Å²) in [6, 6.07) is 66.3. The van der Waals surface area contributed by atoms with Crippen molar-refractivity contribution in [3.8, 4) is 0 Å². The smallest absolute Gasteiger partial charge is 0.338 e. The second kappa shape index (κ2) is 38.2. The summed E-state index contributed by atoms with van der Waals surface area (Å²) in [7, 11) is 0. The number of esters is 9. The lowest BCUT2D eigenvalue weighted by Crippen LogP contribution is -2.68. The number of ether oxygens (including phenoxy) is 15. The number of benzene rings is 9. The van der Waals surface area contributed by atoms with Gasteiger partial charge in [0.05, 0.1) is 56.7 Å². The Bertz CT molecular complexity index is 4690. The van der Waals surface area contributed by atoms with Crippen molar-refractivity contribution in [1.29, 1.82) is 0 Å². The minimum Gasteiger partial charge on any atom is -0.459 e. The molecule has 566 valence electrons. The zero-order chi connectivity index (χ0) is 77.4. The number of carbonyl (C=O) groups excluding carboxylic acids is 9. The molecule has 0 N–H and O–H groups in total. The molecule has 0 spiro atoms. The van der Waals surface area contributed by atoms with Crippen LogP contribution in [0.2, 0.25) is 0 Å². The summed E-state index contributed by atoms with van der Waals surface area (Å²) >= 11 is 0. The predicted molar refractivity (Wildman–Crippen MR) is 389 cm³/mol. The fourth-order valence-corrected chi connectivity index (χ4v) is 12.2. The molecule has 0 bridgehead atoms. The van der Waals surface area contributed by atoms with Crippen molar-refractivity contribution in [2.45, 2.75) is 92.1 Å². The Labute approximate surface area is 634 Å². The maximum Gasteiger partial charge on any atom is 0.338 e. The van der Waals surface area contributed by atoms with Gasteiger partial charge in [-0.3, -0.25) is 0 Å². The molecule has 3 fully saturated rings. The van der Waals surface area contributed by atoms with E-state index < -0.39 is 166 Å². The zero-order valence-electron chi connectivity index (χ0n) is 58.9. The predicted octanol–water partition coefficient (Wildman–Crippen LogP) is 11.7. The Balaban J connectivity index is 1.04. The molecule has 0 aromatic heterocycles. The highest BCUT2D eigenvalue weighted by Crippen LogP contribution is 2.40. The van der Waals surface area contributed by atoms with E-state index >= 15 is 9.59 Å². The number of carbonyl (C=O) groups is 9. The first-order chi connectivity index (χ1) is 54.2. The average molecular weight is 1510 g/mol. The van der Waals surface area contributed by atoms with Crippen molar-refractivity contribution in [3.63, 3.8) is 0 Å². The summed E-state index contributed by atoms with van der Waals surface area (Å²) in [5.74, 6) is -9.25. The molecule has 0 saturated carbocycles. The zero-order valence-corrected chi connectivity index (χ0v) is 58.9. The number of hydrogen-bond acceptors (Lipinski definition) is 25. The largest absolute Gasteiger partial charge is 0.459 e. The topological polar surface area (TPSA) is 341 Å². The summed E-state index contributed by atoms with van der Waals surface area (Å²) in [6.07, 6.45) is -26.7. The van der Waals surface area contributed by atoms with E-state index in [4.69, 9.17) is 71.1 Å². The van der Waals surface area contributed by atoms with Gasteiger partial charge in [0, 0.05) is 4.91 Å². The van der Waals surface area contributed by atoms with Gasteiger partial charge in [-0.25, -0.2) is 43.2 Å². The third-order valence-electron chi connectivity index (χ3n) is 17.6. The molecule has 111 heavy (non-hydrogen) atoms. The first-order valence-corrected chi connectivity index (χ1v) is 35.0. The number of azide groups is 1. The quantitative estimate of drug-likeness (QED) is 0.0105. The summed E-state index contributed by atoms with van der Waals surface area (Å²) in [5, 5.41) is 4.09. The van der Waals surface area contributed by atoms with E-state index in [0.29, 0.717) is 0 Å². The lowest BCUT2D eigenvalue weighted by atomic mass is 9.94. The highest BCUT2D eigenvalue weighted by molar-refractivity contribution is 5.94. The molecule has 15 atom stereocenters. The molecule has 3 saturated heterocycles. The Hall–Kier alpha value is -13.0. The molecule has 3 aliphatic rings. The second-order valence-electron chi connectivity index (χ2n) is 25.0. The molecule has 0 unspecified atom stereocenters. The fraction of sp³-hybridized carbons (Fsp3) is 0.226. The first kappa shape index (κ1) is 77.6. The van der Waals surface area contributed by atoms with Crippen molar-refractivity contribution in [1.82, 2.24) is 0 Å². The minimum atomic E-state index is -2.28. The molecule has 9 aromatic rings. The molecule has 0 radical (unpaired) electrons. The maximum atomic E-state index is 15.3. The maximum absolute atomic E-state index is 15.3. The van der Waals surface area contributed by atoms with Crippen LogP contribution in [-0.2, 0) is 71.1 Å². The van der Waals surface area contributed by atoms with Crippen LogP contribution in [-0.4, -0.2) is 172 Å². The van der Waals surface area contributed by atoms with Crippen molar-refractivity contribution in [2.75, 3.05) is 26.4 Å². The van der Waals surface area contributed by atoms with Crippen LogP contribution in [0.5, 0.6) is 0 Å². The van der Waals surface area contributed by atoms with E-state index in [1.165, 1.54) is 152 Å². The van der Waals surface area contributed by atoms with Crippen LogP contribution in [0.1, 0.15) is 93.2 Å². The lowest BCUT2D eigenvalue weighted by molar-refractivity contribution is -0.370. The van der Waals surface area contributed by atoms with Gasteiger partial charge in [0.2, 0.25) is 0 Å². The molecule has 27 nitrogen and oxygen atoms in total. The highest BCUT2D eigenvalue weighted by atomic mass is 16.8. The summed E-state index contributed by atoms with van der Waals surface area (Å²) in [6.45, 7) is 0.884. The van der Waals surface area contributed by atoms with Crippen LogP contribution in [0.4, 0.5) is 0 Å². The van der Waals surface area contributed by atoms with E-state index in [0.717, 1.165) is 0 Å². The van der Waals surface area contributed by atoms with Crippen LogP contribution in [0, 0.1) is 0 Å². The number of rotatable bonds is 29. The Morgan fingerprint density at radius 2 is 0.541 bits per heavy atom. The van der Waals surface area contributed by atoms with Gasteiger partial charge >= 0.3 is 53.7 Å². The average Bonchev–Trinajstić information content (AvgIpc) is 0.747. The molecular formula is C84H71N3O24. The van der Waals surface area contributed by atoms with E-state index in [2.05, 4.69) is 16.6 Å². The monoisotopic (exact) mass is 1510 g/mol. The van der Waals surface area contributed by atoms with Gasteiger partial charge in [0.15, 0.2) is 55.5 Å². The van der Waals surface area contributed by atoms with Gasteiger partial charge in [-0.05, 0) is 115 Å². The summed E-state index contributed by atoms with van der Waals surface area (Å²) in [5.41, 5.74) is 10.5. The molecule has 3 aliphatic heterocycles. The van der Waals surface area contributed by atoms with Gasteiger partial charge in [-0.2, -0.15) is 0 Å². The Morgan fingerprint density at radius 3 is 0.838 bits per heavy atom. The second-order valence-corrected chi connectivity index (χ2v) is 25.0. The SMILES string of the molecule is C=CCO[C@@H]1O[C@H](COC(=O)c2ccccc2)[C@@H](O[C@@H]2O[C@H](COC(=O)c3ccccc3)[C@H](O[C@H]3O[C@H](COC(=O)c4ccccc4)[C@H](OC(=O)c4ccccc4)[C@H](OC(=O)c4ccccc4)[C@H]3N=[N+]=[N-])[C@H](OC(=O)c3ccccc3)[C@H]2OC(=O)c2ccccc2)[C@H](OC(=O)c2ccccc2)[C@H]1OC(=O)c1ccccc1. The van der Waals surface area contributed by atoms with Gasteiger partial charge in [0.25, 0.3) is 0 Å². The van der Waals surface area contributed by atoms with Crippen molar-refractivity contribution in [2.24, 2.45) is 5.11 Å². The molecular weight excluding hydrogens is 1430 g/mol. The fourth-order valence-electron chi connectivity index (χ4n) is 12.2. The minimum absolute atomic E-state index is 0.00330. The van der Waals surface area contributed by atoms with Gasteiger partial charge in [-0.1, -0.05) is 175 Å². The Kier molecular flexibility index (Phi) is 26.7. The number of nitrogens with zero attached hydrogens (tertiary/aromatic N) is 3. The van der Waals surface area contributed by atoms with Crippen LogP contribution in [0.3, 0.4) is 0 Å². The number of hydrogen-bond donors (Lipinski definition) is 0. The van der Waals surface area contributed by atoms with E-state index in [1.54, 1.807) is 127 Å². The highest BCUT2D eigenvalue weighted by Gasteiger charge is 2.60. The lowest BCUT2D eigenvalue weighted by Gasteiger charge is -2.50.